The summed E-state index contributed by atoms with van der Waals surface area (Å²) >= 11 is 6.19. The van der Waals surface area contributed by atoms with E-state index >= 15 is 0 Å². The molecule has 0 spiro atoms. The molecule has 1 aromatic carbocycles. The largest absolute Gasteiger partial charge is 0.455 e. The van der Waals surface area contributed by atoms with Crippen molar-refractivity contribution in [1.82, 2.24) is 0 Å². The zero-order valence-electron chi connectivity index (χ0n) is 12.6. The summed E-state index contributed by atoms with van der Waals surface area (Å²) in [5.74, 6) is 1.97. The molecule has 0 unspecified atom stereocenters. The summed E-state index contributed by atoms with van der Waals surface area (Å²) in [7, 11) is 0. The monoisotopic (exact) mass is 304 g/mol. The summed E-state index contributed by atoms with van der Waals surface area (Å²) < 4.78 is 6.01. The standard InChI is InChI=1S/C18H22ClNO/c1-13-16(8-5-9-17(13)19)18-11-10-15(21-18)12-20-14-6-3-2-4-7-14/h5,8-11,14,20H,2-4,6-7,12H2,1H3/p+1. The Morgan fingerprint density at radius 2 is 1.95 bits per heavy atom. The molecule has 0 aliphatic heterocycles. The number of halogens is 1. The lowest BCUT2D eigenvalue weighted by Crippen LogP contribution is -2.88. The Bertz CT molecular complexity index is 599. The Morgan fingerprint density at radius 3 is 2.76 bits per heavy atom. The molecule has 0 saturated heterocycles. The molecule has 0 radical (unpaired) electrons. The van der Waals surface area contributed by atoms with Crippen molar-refractivity contribution in [2.45, 2.75) is 51.6 Å². The lowest BCUT2D eigenvalue weighted by atomic mass is 9.95. The van der Waals surface area contributed by atoms with Crippen molar-refractivity contribution in [2.24, 2.45) is 0 Å². The van der Waals surface area contributed by atoms with Gasteiger partial charge >= 0.3 is 0 Å². The van der Waals surface area contributed by atoms with Crippen LogP contribution in [0.4, 0.5) is 0 Å². The summed E-state index contributed by atoms with van der Waals surface area (Å²) in [6, 6.07) is 10.9. The molecule has 1 aliphatic carbocycles. The van der Waals surface area contributed by atoms with Crippen LogP contribution < -0.4 is 5.32 Å². The molecule has 2 N–H and O–H groups in total. The van der Waals surface area contributed by atoms with Crippen molar-refractivity contribution in [2.75, 3.05) is 0 Å². The highest BCUT2D eigenvalue weighted by atomic mass is 35.5. The van der Waals surface area contributed by atoms with Crippen LogP contribution >= 0.6 is 11.6 Å². The Morgan fingerprint density at radius 1 is 1.14 bits per heavy atom. The average Bonchev–Trinajstić information content (AvgIpc) is 2.98. The van der Waals surface area contributed by atoms with Crippen molar-refractivity contribution in [1.29, 1.82) is 0 Å². The number of quaternary nitrogens is 1. The van der Waals surface area contributed by atoms with Crippen molar-refractivity contribution in [3.05, 3.63) is 46.7 Å². The number of benzene rings is 1. The van der Waals surface area contributed by atoms with Crippen LogP contribution in [0.1, 0.15) is 43.4 Å². The summed E-state index contributed by atoms with van der Waals surface area (Å²) in [6.45, 7) is 2.97. The van der Waals surface area contributed by atoms with Crippen LogP contribution in [0.25, 0.3) is 11.3 Å². The maximum atomic E-state index is 6.19. The zero-order chi connectivity index (χ0) is 14.7. The van der Waals surface area contributed by atoms with Gasteiger partial charge in [0.2, 0.25) is 0 Å². The first kappa shape index (κ1) is 14.7. The van der Waals surface area contributed by atoms with Crippen LogP contribution in [0.2, 0.25) is 5.02 Å². The molecule has 2 nitrogen and oxygen atoms in total. The fourth-order valence-corrected chi connectivity index (χ4v) is 3.33. The third kappa shape index (κ3) is 3.50. The number of nitrogens with two attached hydrogens (primary N) is 1. The van der Waals surface area contributed by atoms with Gasteiger partial charge in [-0.1, -0.05) is 30.2 Å². The van der Waals surface area contributed by atoms with Crippen LogP contribution in [0.3, 0.4) is 0 Å². The van der Waals surface area contributed by atoms with Gasteiger partial charge in [-0.05, 0) is 56.4 Å². The van der Waals surface area contributed by atoms with Gasteiger partial charge in [-0.3, -0.25) is 0 Å². The zero-order valence-corrected chi connectivity index (χ0v) is 13.3. The molecule has 0 bridgehead atoms. The Balaban J connectivity index is 1.67. The van der Waals surface area contributed by atoms with Crippen molar-refractivity contribution in [3.8, 4) is 11.3 Å². The highest BCUT2D eigenvalue weighted by molar-refractivity contribution is 6.31. The number of hydrogen-bond acceptors (Lipinski definition) is 1. The number of furan rings is 1. The minimum atomic E-state index is 0.778. The van der Waals surface area contributed by atoms with E-state index in [-0.39, 0.29) is 0 Å². The normalized spacial score (nSPS) is 16.3. The van der Waals surface area contributed by atoms with Crippen LogP contribution in [0, 0.1) is 6.92 Å². The van der Waals surface area contributed by atoms with Crippen molar-refractivity contribution >= 4 is 11.6 Å². The molecule has 112 valence electrons. The first-order valence-corrected chi connectivity index (χ1v) is 8.29. The van der Waals surface area contributed by atoms with E-state index in [0.717, 1.165) is 40.3 Å². The fraction of sp³-hybridized carbons (Fsp3) is 0.444. The minimum absolute atomic E-state index is 0.778. The molecule has 3 rings (SSSR count). The van der Waals surface area contributed by atoms with Crippen LogP contribution in [0.15, 0.2) is 34.7 Å². The van der Waals surface area contributed by atoms with Crippen LogP contribution in [0.5, 0.6) is 0 Å². The molecule has 1 aliphatic rings. The van der Waals surface area contributed by atoms with Gasteiger partial charge < -0.3 is 9.73 Å². The molecule has 1 fully saturated rings. The van der Waals surface area contributed by atoms with E-state index in [0.29, 0.717) is 0 Å². The minimum Gasteiger partial charge on any atom is -0.455 e. The molecular formula is C18H23ClNO+. The molecule has 1 aromatic heterocycles. The Hall–Kier alpha value is -1.25. The maximum absolute atomic E-state index is 6.19. The van der Waals surface area contributed by atoms with E-state index in [9.17, 15) is 0 Å². The summed E-state index contributed by atoms with van der Waals surface area (Å²) in [5.41, 5.74) is 2.17. The number of hydrogen-bond donors (Lipinski definition) is 1. The second-order valence-corrected chi connectivity index (χ2v) is 6.42. The highest BCUT2D eigenvalue weighted by Gasteiger charge is 2.17. The van der Waals surface area contributed by atoms with Crippen LogP contribution in [-0.4, -0.2) is 6.04 Å². The van der Waals surface area contributed by atoms with Gasteiger partial charge in [0, 0.05) is 10.6 Å². The molecular weight excluding hydrogens is 282 g/mol. The van der Waals surface area contributed by atoms with Gasteiger partial charge in [0.05, 0.1) is 6.04 Å². The smallest absolute Gasteiger partial charge is 0.158 e. The van der Waals surface area contributed by atoms with Gasteiger partial charge in [0.1, 0.15) is 12.3 Å². The molecule has 1 heterocycles. The Kier molecular flexibility index (Phi) is 4.67. The second-order valence-electron chi connectivity index (χ2n) is 6.02. The molecule has 3 heteroatoms. The van der Waals surface area contributed by atoms with Gasteiger partial charge in [-0.15, -0.1) is 0 Å². The molecule has 21 heavy (non-hydrogen) atoms. The van der Waals surface area contributed by atoms with Gasteiger partial charge in [0.25, 0.3) is 0 Å². The van der Waals surface area contributed by atoms with E-state index < -0.39 is 0 Å². The van der Waals surface area contributed by atoms with Gasteiger partial charge in [-0.25, -0.2) is 0 Å². The second kappa shape index (κ2) is 6.67. The fourth-order valence-electron chi connectivity index (χ4n) is 3.16. The van der Waals surface area contributed by atoms with E-state index in [1.807, 2.05) is 19.1 Å². The molecule has 2 aromatic rings. The topological polar surface area (TPSA) is 29.8 Å². The average molecular weight is 305 g/mol. The molecule has 1 saturated carbocycles. The number of rotatable bonds is 4. The first-order valence-electron chi connectivity index (χ1n) is 7.91. The maximum Gasteiger partial charge on any atom is 0.158 e. The molecule has 0 atom stereocenters. The summed E-state index contributed by atoms with van der Waals surface area (Å²) in [4.78, 5) is 0. The highest BCUT2D eigenvalue weighted by Crippen LogP contribution is 2.29. The summed E-state index contributed by atoms with van der Waals surface area (Å²) in [6.07, 6.45) is 6.86. The first-order chi connectivity index (χ1) is 10.2. The van der Waals surface area contributed by atoms with E-state index in [1.165, 1.54) is 32.1 Å². The third-order valence-corrected chi connectivity index (χ3v) is 4.91. The van der Waals surface area contributed by atoms with Crippen molar-refractivity contribution in [3.63, 3.8) is 0 Å². The van der Waals surface area contributed by atoms with Crippen molar-refractivity contribution < 1.29 is 9.73 Å². The van der Waals surface area contributed by atoms with E-state index in [2.05, 4.69) is 23.5 Å². The van der Waals surface area contributed by atoms with Gasteiger partial charge in [0.15, 0.2) is 5.76 Å². The predicted molar refractivity (Wildman–Crippen MR) is 86.4 cm³/mol. The van der Waals surface area contributed by atoms with Gasteiger partial charge in [-0.2, -0.15) is 0 Å². The van der Waals surface area contributed by atoms with E-state index in [4.69, 9.17) is 16.0 Å². The quantitative estimate of drug-likeness (QED) is 0.896. The predicted octanol–water partition coefficient (Wildman–Crippen LogP) is 4.30. The lowest BCUT2D eigenvalue weighted by Gasteiger charge is -2.19. The molecule has 0 amide bonds. The third-order valence-electron chi connectivity index (χ3n) is 4.50. The van der Waals surface area contributed by atoms with E-state index in [1.54, 1.807) is 0 Å². The SMILES string of the molecule is Cc1c(Cl)cccc1-c1ccc(C[NH2+]C2CCCCC2)o1. The Labute approximate surface area is 131 Å². The summed E-state index contributed by atoms with van der Waals surface area (Å²) in [5, 5.41) is 3.23. The van der Waals surface area contributed by atoms with Crippen LogP contribution in [-0.2, 0) is 6.54 Å². The lowest BCUT2D eigenvalue weighted by molar-refractivity contribution is -0.708.